The fourth-order valence-corrected chi connectivity index (χ4v) is 2.56. The van der Waals surface area contributed by atoms with E-state index in [1.165, 1.54) is 24.1 Å². The van der Waals surface area contributed by atoms with E-state index in [9.17, 15) is 0 Å². The molecular weight excluding hydrogens is 158 g/mol. The molecule has 0 spiro atoms. The zero-order valence-electron chi connectivity index (χ0n) is 8.67. The maximum atomic E-state index is 4.47. The van der Waals surface area contributed by atoms with Gasteiger partial charge in [0.15, 0.2) is 0 Å². The summed E-state index contributed by atoms with van der Waals surface area (Å²) < 4.78 is 0. The molecule has 1 aromatic heterocycles. The van der Waals surface area contributed by atoms with E-state index in [4.69, 9.17) is 0 Å². The Bertz CT molecular complexity index is 315. The summed E-state index contributed by atoms with van der Waals surface area (Å²) in [5.41, 5.74) is 3.23. The molecule has 0 radical (unpaired) electrons. The topological polar surface area (TPSA) is 12.9 Å². The first-order valence-electron chi connectivity index (χ1n) is 5.02. The van der Waals surface area contributed by atoms with Gasteiger partial charge >= 0.3 is 0 Å². The Morgan fingerprint density at radius 3 is 3.00 bits per heavy atom. The molecule has 0 unspecified atom stereocenters. The van der Waals surface area contributed by atoms with Crippen LogP contribution in [0.5, 0.6) is 0 Å². The smallest absolute Gasteiger partial charge is 0.0464 e. The minimum absolute atomic E-state index is 0.454. The average molecular weight is 175 g/mol. The fourth-order valence-electron chi connectivity index (χ4n) is 2.56. The molecule has 0 fully saturated rings. The number of pyridine rings is 1. The lowest BCUT2D eigenvalue weighted by Gasteiger charge is -2.34. The third-order valence-electron chi connectivity index (χ3n) is 2.92. The van der Waals surface area contributed by atoms with Gasteiger partial charge in [-0.05, 0) is 35.8 Å². The number of aromatic nitrogens is 1. The first-order valence-corrected chi connectivity index (χ1v) is 5.02. The van der Waals surface area contributed by atoms with E-state index in [-0.39, 0.29) is 0 Å². The van der Waals surface area contributed by atoms with Gasteiger partial charge in [0.1, 0.15) is 0 Å². The van der Waals surface area contributed by atoms with E-state index in [1.807, 2.05) is 12.3 Å². The number of hydrogen-bond acceptors (Lipinski definition) is 1. The molecule has 1 heterocycles. The van der Waals surface area contributed by atoms with Crippen molar-refractivity contribution in [3.63, 3.8) is 0 Å². The van der Waals surface area contributed by atoms with Crippen molar-refractivity contribution in [2.45, 2.75) is 39.5 Å². The summed E-state index contributed by atoms with van der Waals surface area (Å²) in [5.74, 6) is 0.625. The molecule has 1 aliphatic rings. The monoisotopic (exact) mass is 175 g/mol. The lowest BCUT2D eigenvalue weighted by Crippen LogP contribution is -2.25. The maximum absolute atomic E-state index is 4.47. The van der Waals surface area contributed by atoms with E-state index in [0.29, 0.717) is 11.3 Å². The summed E-state index contributed by atoms with van der Waals surface area (Å²) in [7, 11) is 0. The largest absolute Gasteiger partial charge is 0.261 e. The molecule has 13 heavy (non-hydrogen) atoms. The van der Waals surface area contributed by atoms with Crippen LogP contribution in [-0.4, -0.2) is 4.98 Å². The van der Waals surface area contributed by atoms with Crippen LogP contribution >= 0.6 is 0 Å². The molecule has 0 saturated heterocycles. The minimum atomic E-state index is 0.454. The first kappa shape index (κ1) is 8.74. The second kappa shape index (κ2) is 2.83. The quantitative estimate of drug-likeness (QED) is 0.590. The maximum Gasteiger partial charge on any atom is 0.0464 e. The second-order valence-corrected chi connectivity index (χ2v) is 4.99. The van der Waals surface area contributed by atoms with E-state index >= 15 is 0 Å². The predicted molar refractivity (Wildman–Crippen MR) is 54.8 cm³/mol. The van der Waals surface area contributed by atoms with Gasteiger partial charge in [0, 0.05) is 11.9 Å². The van der Waals surface area contributed by atoms with E-state index in [2.05, 4.69) is 31.8 Å². The Kier molecular flexibility index (Phi) is 1.90. The van der Waals surface area contributed by atoms with Gasteiger partial charge in [-0.1, -0.05) is 26.8 Å². The van der Waals surface area contributed by atoms with Crippen molar-refractivity contribution in [3.05, 3.63) is 29.6 Å². The van der Waals surface area contributed by atoms with Crippen LogP contribution in [0.1, 0.15) is 44.4 Å². The molecule has 1 atom stereocenters. The highest BCUT2D eigenvalue weighted by Gasteiger charge is 2.30. The number of fused-ring (bicyclic) bond motifs is 1. The summed E-state index contributed by atoms with van der Waals surface area (Å²) in [6.45, 7) is 6.98. The molecule has 0 saturated carbocycles. The zero-order chi connectivity index (χ0) is 9.47. The third-order valence-corrected chi connectivity index (χ3v) is 2.92. The Hall–Kier alpha value is -0.850. The Labute approximate surface area is 80.2 Å². The zero-order valence-corrected chi connectivity index (χ0v) is 8.67. The normalized spacial score (nSPS) is 25.3. The number of rotatable bonds is 0. The summed E-state index contributed by atoms with van der Waals surface area (Å²) in [6, 6.07) is 4.27. The van der Waals surface area contributed by atoms with Crippen LogP contribution in [0, 0.1) is 5.41 Å². The van der Waals surface area contributed by atoms with Gasteiger partial charge in [-0.2, -0.15) is 0 Å². The average Bonchev–Trinajstić information content (AvgIpc) is 2.02. The van der Waals surface area contributed by atoms with Crippen LogP contribution < -0.4 is 0 Å². The molecule has 70 valence electrons. The lowest BCUT2D eigenvalue weighted by molar-refractivity contribution is 0.284. The van der Waals surface area contributed by atoms with Gasteiger partial charge in [0.25, 0.3) is 0 Å². The molecular formula is C12H17N. The van der Waals surface area contributed by atoms with Crippen LogP contribution in [0.15, 0.2) is 18.3 Å². The van der Waals surface area contributed by atoms with E-state index in [0.717, 1.165) is 0 Å². The van der Waals surface area contributed by atoms with Crippen molar-refractivity contribution in [3.8, 4) is 0 Å². The molecule has 0 aromatic carbocycles. The van der Waals surface area contributed by atoms with Gasteiger partial charge in [-0.25, -0.2) is 0 Å². The molecule has 0 bridgehead atoms. The molecule has 2 rings (SSSR count). The van der Waals surface area contributed by atoms with Crippen molar-refractivity contribution < 1.29 is 0 Å². The van der Waals surface area contributed by atoms with Gasteiger partial charge in [-0.15, -0.1) is 0 Å². The minimum Gasteiger partial charge on any atom is -0.261 e. The van der Waals surface area contributed by atoms with Crippen molar-refractivity contribution >= 4 is 0 Å². The number of hydrogen-bond donors (Lipinski definition) is 0. The highest BCUT2D eigenvalue weighted by molar-refractivity contribution is 5.27. The molecule has 1 aliphatic carbocycles. The summed E-state index contributed by atoms with van der Waals surface area (Å²) in [5, 5.41) is 0. The van der Waals surface area contributed by atoms with Crippen molar-refractivity contribution in [2.24, 2.45) is 5.41 Å². The van der Waals surface area contributed by atoms with Gasteiger partial charge in [0.2, 0.25) is 0 Å². The second-order valence-electron chi connectivity index (χ2n) is 4.99. The van der Waals surface area contributed by atoms with Gasteiger partial charge in [-0.3, -0.25) is 4.98 Å². The predicted octanol–water partition coefficient (Wildman–Crippen LogP) is 3.16. The summed E-state index contributed by atoms with van der Waals surface area (Å²) in [4.78, 5) is 4.47. The van der Waals surface area contributed by atoms with Crippen LogP contribution in [0.4, 0.5) is 0 Å². The molecule has 1 heteroatoms. The first-order chi connectivity index (χ1) is 6.08. The van der Waals surface area contributed by atoms with E-state index < -0.39 is 0 Å². The number of nitrogens with zero attached hydrogens (tertiary/aromatic N) is 1. The SMILES string of the molecule is C[C@H]1CC(C)(C)Cc2cccnc21. The lowest BCUT2D eigenvalue weighted by atomic mass is 9.72. The van der Waals surface area contributed by atoms with Crippen LogP contribution in [0.25, 0.3) is 0 Å². The van der Waals surface area contributed by atoms with Crippen LogP contribution in [0.3, 0.4) is 0 Å². The van der Waals surface area contributed by atoms with Gasteiger partial charge < -0.3 is 0 Å². The van der Waals surface area contributed by atoms with Gasteiger partial charge in [0.05, 0.1) is 0 Å². The van der Waals surface area contributed by atoms with Crippen LogP contribution in [-0.2, 0) is 6.42 Å². The van der Waals surface area contributed by atoms with Crippen molar-refractivity contribution in [1.29, 1.82) is 0 Å². The highest BCUT2D eigenvalue weighted by atomic mass is 14.7. The molecule has 1 nitrogen and oxygen atoms in total. The highest BCUT2D eigenvalue weighted by Crippen LogP contribution is 2.40. The van der Waals surface area contributed by atoms with Crippen molar-refractivity contribution in [1.82, 2.24) is 4.98 Å². The van der Waals surface area contributed by atoms with Crippen molar-refractivity contribution in [2.75, 3.05) is 0 Å². The molecule has 0 aliphatic heterocycles. The van der Waals surface area contributed by atoms with Crippen LogP contribution in [0.2, 0.25) is 0 Å². The summed E-state index contributed by atoms with van der Waals surface area (Å²) in [6.07, 6.45) is 4.35. The molecule has 0 N–H and O–H groups in total. The van der Waals surface area contributed by atoms with E-state index in [1.54, 1.807) is 0 Å². The third kappa shape index (κ3) is 1.60. The molecule has 0 amide bonds. The fraction of sp³-hybridized carbons (Fsp3) is 0.583. The Morgan fingerprint density at radius 1 is 1.46 bits per heavy atom. The Balaban J connectivity index is 2.43. The standard InChI is InChI=1S/C12H17N/c1-9-7-12(2,3)8-10-5-4-6-13-11(9)10/h4-6,9H,7-8H2,1-3H3/t9-/m0/s1. The summed E-state index contributed by atoms with van der Waals surface area (Å²) >= 11 is 0. The Morgan fingerprint density at radius 2 is 2.23 bits per heavy atom. The molecule has 1 aromatic rings.